The molecule has 4 rings (SSSR count). The van der Waals surface area contributed by atoms with E-state index in [-0.39, 0.29) is 0 Å². The maximum absolute atomic E-state index is 12.6. The van der Waals surface area contributed by atoms with Gasteiger partial charge in [-0.2, -0.15) is 5.10 Å². The normalized spacial score (nSPS) is 22.8. The van der Waals surface area contributed by atoms with Crippen LogP contribution in [0.25, 0.3) is 11.0 Å². The van der Waals surface area contributed by atoms with Crippen molar-refractivity contribution in [1.29, 1.82) is 0 Å². The molecule has 0 bridgehead atoms. The smallest absolute Gasteiger partial charge is 0.222 e. The molecule has 0 aromatic carbocycles. The van der Waals surface area contributed by atoms with Gasteiger partial charge in [0, 0.05) is 36.5 Å². The lowest BCUT2D eigenvalue weighted by Crippen LogP contribution is -2.39. The molecule has 5 nitrogen and oxygen atoms in total. The van der Waals surface area contributed by atoms with Gasteiger partial charge in [0.1, 0.15) is 0 Å². The molecule has 2 aromatic rings. The first-order valence-electron chi connectivity index (χ1n) is 8.87. The lowest BCUT2D eigenvalue weighted by atomic mass is 9.93. The Labute approximate surface area is 136 Å². The fourth-order valence-electron chi connectivity index (χ4n) is 4.10. The first-order chi connectivity index (χ1) is 11.3. The number of aromatic amines is 1. The summed E-state index contributed by atoms with van der Waals surface area (Å²) in [6.07, 6.45) is 9.80. The van der Waals surface area contributed by atoms with E-state index in [0.29, 0.717) is 17.7 Å². The number of H-pyrrole nitrogens is 1. The molecule has 1 N–H and O–H groups in total. The number of piperidine rings is 1. The molecule has 1 saturated carbocycles. The molecule has 1 atom stereocenters. The third-order valence-electron chi connectivity index (χ3n) is 5.45. The van der Waals surface area contributed by atoms with Crippen LogP contribution in [0.5, 0.6) is 0 Å². The van der Waals surface area contributed by atoms with Crippen LogP contribution >= 0.6 is 0 Å². The van der Waals surface area contributed by atoms with Gasteiger partial charge in [0.05, 0.1) is 6.20 Å². The standard InChI is InChI=1S/C18H24N4O/c23-17(10-13-4-1-2-5-13)22-9-3-6-15(12-22)16-8-7-14-11-19-21-18(14)20-16/h7-8,11,13,15H,1-6,9-10,12H2,(H,19,20,21)/t15-/m0/s1. The average Bonchev–Trinajstić information content (AvgIpc) is 3.25. The van der Waals surface area contributed by atoms with Crippen LogP contribution in [-0.4, -0.2) is 39.1 Å². The van der Waals surface area contributed by atoms with E-state index < -0.39 is 0 Å². The Morgan fingerprint density at radius 2 is 2.09 bits per heavy atom. The molecule has 0 radical (unpaired) electrons. The van der Waals surface area contributed by atoms with Gasteiger partial charge in [-0.15, -0.1) is 0 Å². The van der Waals surface area contributed by atoms with Gasteiger partial charge in [0.2, 0.25) is 5.91 Å². The van der Waals surface area contributed by atoms with E-state index in [1.54, 1.807) is 6.20 Å². The highest BCUT2D eigenvalue weighted by Crippen LogP contribution is 2.31. The zero-order valence-electron chi connectivity index (χ0n) is 13.5. The zero-order valence-corrected chi connectivity index (χ0v) is 13.5. The molecule has 1 amide bonds. The highest BCUT2D eigenvalue weighted by atomic mass is 16.2. The van der Waals surface area contributed by atoms with Gasteiger partial charge in [0.25, 0.3) is 0 Å². The number of aromatic nitrogens is 3. The van der Waals surface area contributed by atoms with E-state index in [9.17, 15) is 4.79 Å². The lowest BCUT2D eigenvalue weighted by molar-refractivity contribution is -0.133. The maximum Gasteiger partial charge on any atom is 0.222 e. The van der Waals surface area contributed by atoms with E-state index in [1.165, 1.54) is 25.7 Å². The van der Waals surface area contributed by atoms with Crippen molar-refractivity contribution < 1.29 is 4.79 Å². The minimum absolute atomic E-state index is 0.351. The van der Waals surface area contributed by atoms with Crippen molar-refractivity contribution in [3.8, 4) is 0 Å². The topological polar surface area (TPSA) is 61.9 Å². The number of carbonyl (C=O) groups is 1. The third kappa shape index (κ3) is 3.09. The fraction of sp³-hybridized carbons (Fsp3) is 0.611. The molecule has 2 aromatic heterocycles. The van der Waals surface area contributed by atoms with Gasteiger partial charge in [-0.25, -0.2) is 4.98 Å². The molecule has 122 valence electrons. The molecule has 0 unspecified atom stereocenters. The average molecular weight is 312 g/mol. The number of nitrogens with zero attached hydrogens (tertiary/aromatic N) is 3. The molecule has 1 saturated heterocycles. The first kappa shape index (κ1) is 14.7. The molecule has 5 heteroatoms. The van der Waals surface area contributed by atoms with Crippen LogP contribution in [0.4, 0.5) is 0 Å². The van der Waals surface area contributed by atoms with Crippen LogP contribution in [0.15, 0.2) is 18.3 Å². The predicted octanol–water partition coefficient (Wildman–Crippen LogP) is 3.24. The number of hydrogen-bond donors (Lipinski definition) is 1. The van der Waals surface area contributed by atoms with Crippen LogP contribution in [0.2, 0.25) is 0 Å². The van der Waals surface area contributed by atoms with Crippen molar-refractivity contribution in [3.05, 3.63) is 24.0 Å². The Morgan fingerprint density at radius 1 is 1.22 bits per heavy atom. The molecule has 2 aliphatic rings. The quantitative estimate of drug-likeness (QED) is 0.946. The van der Waals surface area contributed by atoms with E-state index in [2.05, 4.69) is 27.2 Å². The predicted molar refractivity (Wildman–Crippen MR) is 89.0 cm³/mol. The molecular weight excluding hydrogens is 288 g/mol. The molecule has 2 fully saturated rings. The largest absolute Gasteiger partial charge is 0.342 e. The Kier molecular flexibility index (Phi) is 4.02. The Balaban J connectivity index is 1.44. The molecule has 3 heterocycles. The number of hydrogen-bond acceptors (Lipinski definition) is 3. The first-order valence-corrected chi connectivity index (χ1v) is 8.87. The van der Waals surface area contributed by atoms with E-state index in [4.69, 9.17) is 4.98 Å². The third-order valence-corrected chi connectivity index (χ3v) is 5.45. The van der Waals surface area contributed by atoms with E-state index in [1.807, 2.05) is 0 Å². The maximum atomic E-state index is 12.6. The number of rotatable bonds is 3. The summed E-state index contributed by atoms with van der Waals surface area (Å²) in [5, 5.41) is 8.02. The van der Waals surface area contributed by atoms with E-state index in [0.717, 1.165) is 49.1 Å². The number of amides is 1. The Bertz CT molecular complexity index is 689. The summed E-state index contributed by atoms with van der Waals surface area (Å²) in [4.78, 5) is 19.4. The monoisotopic (exact) mass is 312 g/mol. The molecule has 1 aliphatic heterocycles. The van der Waals surface area contributed by atoms with Gasteiger partial charge < -0.3 is 4.90 Å². The van der Waals surface area contributed by atoms with Crippen molar-refractivity contribution in [2.24, 2.45) is 5.92 Å². The summed E-state index contributed by atoms with van der Waals surface area (Å²) < 4.78 is 0. The fourth-order valence-corrected chi connectivity index (χ4v) is 4.10. The van der Waals surface area contributed by atoms with Gasteiger partial charge >= 0.3 is 0 Å². The van der Waals surface area contributed by atoms with Crippen molar-refractivity contribution in [1.82, 2.24) is 20.1 Å². The minimum atomic E-state index is 0.351. The van der Waals surface area contributed by atoms with Crippen molar-refractivity contribution in [2.45, 2.75) is 50.9 Å². The molecule has 1 aliphatic carbocycles. The van der Waals surface area contributed by atoms with Crippen LogP contribution < -0.4 is 0 Å². The van der Waals surface area contributed by atoms with Crippen molar-refractivity contribution in [3.63, 3.8) is 0 Å². The number of nitrogens with one attached hydrogen (secondary N) is 1. The van der Waals surface area contributed by atoms with Crippen molar-refractivity contribution in [2.75, 3.05) is 13.1 Å². The SMILES string of the molecule is O=C(CC1CCCC1)N1CCC[C@H](c2ccc3cn[nH]c3n2)C1. The zero-order chi connectivity index (χ0) is 15.6. The highest BCUT2D eigenvalue weighted by Gasteiger charge is 2.28. The Hall–Kier alpha value is -1.91. The second-order valence-electron chi connectivity index (χ2n) is 7.08. The number of fused-ring (bicyclic) bond motifs is 1. The van der Waals surface area contributed by atoms with Gasteiger partial charge in [-0.3, -0.25) is 9.89 Å². The van der Waals surface area contributed by atoms with Crippen LogP contribution in [0, 0.1) is 5.92 Å². The van der Waals surface area contributed by atoms with Crippen molar-refractivity contribution >= 4 is 16.9 Å². The highest BCUT2D eigenvalue weighted by molar-refractivity contribution is 5.77. The van der Waals surface area contributed by atoms with Crippen LogP contribution in [-0.2, 0) is 4.79 Å². The number of likely N-dealkylation sites (tertiary alicyclic amines) is 1. The second kappa shape index (κ2) is 6.30. The van der Waals surface area contributed by atoms with Crippen LogP contribution in [0.1, 0.15) is 56.6 Å². The van der Waals surface area contributed by atoms with Gasteiger partial charge in [0.15, 0.2) is 5.65 Å². The molecule has 0 spiro atoms. The number of carbonyl (C=O) groups excluding carboxylic acids is 1. The summed E-state index contributed by atoms with van der Waals surface area (Å²) in [5.74, 6) is 1.33. The van der Waals surface area contributed by atoms with Crippen LogP contribution in [0.3, 0.4) is 0 Å². The summed E-state index contributed by atoms with van der Waals surface area (Å²) >= 11 is 0. The van der Waals surface area contributed by atoms with E-state index >= 15 is 0 Å². The van der Waals surface area contributed by atoms with Gasteiger partial charge in [-0.1, -0.05) is 12.8 Å². The summed E-state index contributed by atoms with van der Waals surface area (Å²) in [6, 6.07) is 4.16. The Morgan fingerprint density at radius 3 is 2.96 bits per heavy atom. The summed E-state index contributed by atoms with van der Waals surface area (Å²) in [6.45, 7) is 1.73. The second-order valence-corrected chi connectivity index (χ2v) is 7.08. The van der Waals surface area contributed by atoms with Gasteiger partial charge in [-0.05, 0) is 43.7 Å². The summed E-state index contributed by atoms with van der Waals surface area (Å²) in [5.41, 5.74) is 1.93. The minimum Gasteiger partial charge on any atom is -0.342 e. The molecular formula is C18H24N4O. The lowest BCUT2D eigenvalue weighted by Gasteiger charge is -2.33. The molecule has 23 heavy (non-hydrogen) atoms. The summed E-state index contributed by atoms with van der Waals surface area (Å²) in [7, 11) is 0. The number of pyridine rings is 1.